The zero-order valence-electron chi connectivity index (χ0n) is 5.72. The molecule has 0 unspecified atom stereocenters. The Labute approximate surface area is 73.9 Å². The molecular formula is C2F6O4S2. The Morgan fingerprint density at radius 1 is 0.714 bits per heavy atom. The van der Waals surface area contributed by atoms with E-state index in [4.69, 9.17) is 0 Å². The molecule has 0 spiro atoms. The van der Waals surface area contributed by atoms with Crippen molar-refractivity contribution in [2.75, 3.05) is 0 Å². The second kappa shape index (κ2) is 2.98. The van der Waals surface area contributed by atoms with Crippen LogP contribution >= 0.6 is 0 Å². The van der Waals surface area contributed by atoms with Crippen LogP contribution in [0.1, 0.15) is 0 Å². The van der Waals surface area contributed by atoms with E-state index >= 15 is 0 Å². The summed E-state index contributed by atoms with van der Waals surface area (Å²) in [7, 11) is -14.7. The zero-order valence-corrected chi connectivity index (χ0v) is 7.35. The topological polar surface area (TPSA) is 68.3 Å². The molecule has 0 aliphatic carbocycles. The van der Waals surface area contributed by atoms with Gasteiger partial charge in [-0.2, -0.15) is 34.4 Å². The molecule has 0 rings (SSSR count). The summed E-state index contributed by atoms with van der Waals surface area (Å²) in [6, 6.07) is 0. The highest BCUT2D eigenvalue weighted by Gasteiger charge is 2.76. The Balaban J connectivity index is 6.09. The molecule has 0 heterocycles. The molecule has 0 fully saturated rings. The molecule has 0 aliphatic heterocycles. The number of halogens is 6. The summed E-state index contributed by atoms with van der Waals surface area (Å²) >= 11 is 0. The molecular weight excluding hydrogens is 266 g/mol. The highest BCUT2D eigenvalue weighted by atomic mass is 32.3. The third-order valence-electron chi connectivity index (χ3n) is 0.966. The van der Waals surface area contributed by atoms with Crippen molar-refractivity contribution in [3.05, 3.63) is 0 Å². The number of hydrogen-bond donors (Lipinski definition) is 0. The largest absolute Gasteiger partial charge is 0.459 e. The molecule has 0 aromatic rings. The number of hydrogen-bond acceptors (Lipinski definition) is 4. The van der Waals surface area contributed by atoms with Gasteiger partial charge in [-0.15, -0.1) is 7.77 Å². The zero-order chi connectivity index (χ0) is 12.0. The molecule has 0 N–H and O–H groups in total. The smallest absolute Gasteiger partial charge is 0.193 e. The van der Waals surface area contributed by atoms with Crippen LogP contribution in [-0.4, -0.2) is 27.3 Å². The Bertz CT molecular complexity index is 383. The first-order chi connectivity index (χ1) is 5.75. The second-order valence-electron chi connectivity index (χ2n) is 1.91. The molecule has 0 atom stereocenters. The van der Waals surface area contributed by atoms with E-state index < -0.39 is 31.0 Å². The molecule has 0 radical (unpaired) electrons. The van der Waals surface area contributed by atoms with Gasteiger partial charge in [0.25, 0.3) is 0 Å². The van der Waals surface area contributed by atoms with E-state index in [9.17, 15) is 42.2 Å². The maximum atomic E-state index is 12.3. The standard InChI is InChI=1S/C2F6O4S2/c3-1(4,5)2(6,13(7,9)10)14(8,11)12. The fourth-order valence-corrected chi connectivity index (χ4v) is 1.90. The Kier molecular flexibility index (Phi) is 2.87. The van der Waals surface area contributed by atoms with Crippen molar-refractivity contribution in [3.63, 3.8) is 0 Å². The van der Waals surface area contributed by atoms with Crippen molar-refractivity contribution in [1.82, 2.24) is 0 Å². The van der Waals surface area contributed by atoms with Gasteiger partial charge in [-0.25, -0.2) is 0 Å². The van der Waals surface area contributed by atoms with Crippen LogP contribution in [0.4, 0.5) is 25.3 Å². The molecule has 0 aromatic heterocycles. The van der Waals surface area contributed by atoms with Gasteiger partial charge in [0.1, 0.15) is 0 Å². The molecule has 86 valence electrons. The molecule has 4 nitrogen and oxygen atoms in total. The summed E-state index contributed by atoms with van der Waals surface area (Å²) in [6.45, 7) is 0. The molecule has 0 amide bonds. The fourth-order valence-electron chi connectivity index (χ4n) is 0.395. The molecule has 12 heteroatoms. The number of alkyl halides is 4. The van der Waals surface area contributed by atoms with Crippen molar-refractivity contribution < 1.29 is 42.2 Å². The van der Waals surface area contributed by atoms with Gasteiger partial charge in [-0.05, 0) is 0 Å². The van der Waals surface area contributed by atoms with Gasteiger partial charge in [-0.3, -0.25) is 0 Å². The summed E-state index contributed by atoms with van der Waals surface area (Å²) in [5, 5.41) is 0. The summed E-state index contributed by atoms with van der Waals surface area (Å²) in [6.07, 6.45) is -6.77. The predicted molar refractivity (Wildman–Crippen MR) is 29.9 cm³/mol. The van der Waals surface area contributed by atoms with E-state index in [-0.39, 0.29) is 0 Å². The van der Waals surface area contributed by atoms with Gasteiger partial charge in [0, 0.05) is 0 Å². The van der Waals surface area contributed by atoms with E-state index in [1.54, 1.807) is 0 Å². The van der Waals surface area contributed by atoms with Crippen LogP contribution in [0.5, 0.6) is 0 Å². The van der Waals surface area contributed by atoms with Gasteiger partial charge in [0.15, 0.2) is 0 Å². The monoisotopic (exact) mass is 266 g/mol. The van der Waals surface area contributed by atoms with Crippen LogP contribution in [0.3, 0.4) is 0 Å². The third-order valence-corrected chi connectivity index (χ3v) is 3.88. The SMILES string of the molecule is O=S(=O)(F)C(F)(C(F)(F)F)S(=O)(=O)F. The lowest BCUT2D eigenvalue weighted by molar-refractivity contribution is -0.172. The summed E-state index contributed by atoms with van der Waals surface area (Å²) < 4.78 is 102. The molecule has 0 aliphatic rings. The van der Waals surface area contributed by atoms with Gasteiger partial charge >= 0.3 is 31.0 Å². The van der Waals surface area contributed by atoms with E-state index in [1.807, 2.05) is 0 Å². The lowest BCUT2D eigenvalue weighted by atomic mass is 10.7. The first-order valence-electron chi connectivity index (χ1n) is 2.39. The first kappa shape index (κ1) is 13.5. The predicted octanol–water partition coefficient (Wildman–Crippen LogP) is 0.771. The van der Waals surface area contributed by atoms with E-state index in [2.05, 4.69) is 0 Å². The van der Waals surface area contributed by atoms with Crippen molar-refractivity contribution in [3.8, 4) is 0 Å². The Morgan fingerprint density at radius 2 is 0.929 bits per heavy atom. The number of rotatable bonds is 2. The van der Waals surface area contributed by atoms with Crippen molar-refractivity contribution in [2.45, 2.75) is 10.5 Å². The fraction of sp³-hybridized carbons (Fsp3) is 1.00. The van der Waals surface area contributed by atoms with E-state index in [0.717, 1.165) is 0 Å². The van der Waals surface area contributed by atoms with Crippen LogP contribution in [-0.2, 0) is 20.4 Å². The lowest BCUT2D eigenvalue weighted by Crippen LogP contribution is -2.50. The lowest BCUT2D eigenvalue weighted by Gasteiger charge is -2.18. The summed E-state index contributed by atoms with van der Waals surface area (Å²) in [5.74, 6) is 0. The molecule has 14 heavy (non-hydrogen) atoms. The van der Waals surface area contributed by atoms with Crippen molar-refractivity contribution in [1.29, 1.82) is 0 Å². The minimum Gasteiger partial charge on any atom is -0.193 e. The van der Waals surface area contributed by atoms with Gasteiger partial charge < -0.3 is 0 Å². The Hall–Kier alpha value is -0.520. The van der Waals surface area contributed by atoms with Crippen LogP contribution in [0.25, 0.3) is 0 Å². The van der Waals surface area contributed by atoms with Gasteiger partial charge in [0.2, 0.25) is 0 Å². The van der Waals surface area contributed by atoms with E-state index in [0.29, 0.717) is 0 Å². The second-order valence-corrected chi connectivity index (χ2v) is 5.04. The van der Waals surface area contributed by atoms with Gasteiger partial charge in [0.05, 0.1) is 0 Å². The summed E-state index contributed by atoms with van der Waals surface area (Å²) in [4.78, 5) is 0. The Morgan fingerprint density at radius 3 is 0.929 bits per heavy atom. The van der Waals surface area contributed by atoms with Gasteiger partial charge in [-0.1, -0.05) is 0 Å². The van der Waals surface area contributed by atoms with Crippen LogP contribution in [0, 0.1) is 0 Å². The highest BCUT2D eigenvalue weighted by molar-refractivity contribution is 8.05. The molecule has 0 saturated carbocycles. The minimum absolute atomic E-state index is 6.58. The quantitative estimate of drug-likeness (QED) is 0.547. The normalized spacial score (nSPS) is 15.6. The van der Waals surface area contributed by atoms with E-state index in [1.165, 1.54) is 0 Å². The van der Waals surface area contributed by atoms with Crippen LogP contribution in [0.15, 0.2) is 0 Å². The first-order valence-corrected chi connectivity index (χ1v) is 5.16. The van der Waals surface area contributed by atoms with Crippen LogP contribution in [0.2, 0.25) is 0 Å². The maximum Gasteiger partial charge on any atom is 0.459 e. The molecule has 0 aromatic carbocycles. The average Bonchev–Trinajstić information content (AvgIpc) is 1.77. The van der Waals surface area contributed by atoms with Crippen LogP contribution < -0.4 is 0 Å². The van der Waals surface area contributed by atoms with Crippen molar-refractivity contribution in [2.24, 2.45) is 0 Å². The summed E-state index contributed by atoms with van der Waals surface area (Å²) in [5.41, 5.74) is 0. The molecule has 0 bridgehead atoms. The van der Waals surface area contributed by atoms with Crippen molar-refractivity contribution >= 4 is 20.4 Å². The average molecular weight is 266 g/mol. The highest BCUT2D eigenvalue weighted by Crippen LogP contribution is 2.44. The minimum atomic E-state index is -7.33. The third kappa shape index (κ3) is 1.80. The maximum absolute atomic E-state index is 12.3. The molecule has 0 saturated heterocycles.